The van der Waals surface area contributed by atoms with Crippen molar-refractivity contribution in [2.45, 2.75) is 79.3 Å². The molecular formula is C29H53NO7Si2. The molecule has 0 atom stereocenters. The predicted molar refractivity (Wildman–Crippen MR) is 161 cm³/mol. The third-order valence-corrected chi connectivity index (χ3v) is 12.6. The van der Waals surface area contributed by atoms with Crippen LogP contribution in [0, 0.1) is 0 Å². The highest BCUT2D eigenvalue weighted by Crippen LogP contribution is 2.22. The van der Waals surface area contributed by atoms with E-state index in [0.717, 1.165) is 12.8 Å². The molecule has 1 aliphatic carbocycles. The Kier molecular flexibility index (Phi) is 18.7. The molecule has 0 spiro atoms. The van der Waals surface area contributed by atoms with E-state index in [2.05, 4.69) is 30.8 Å². The van der Waals surface area contributed by atoms with Crippen molar-refractivity contribution < 1.29 is 31.4 Å². The quantitative estimate of drug-likeness (QED) is 0.136. The summed E-state index contributed by atoms with van der Waals surface area (Å²) in [7, 11) is -5.44. The molecule has 1 aliphatic rings. The van der Waals surface area contributed by atoms with Gasteiger partial charge in [-0.2, -0.15) is 0 Å². The fourth-order valence-corrected chi connectivity index (χ4v) is 9.76. The van der Waals surface area contributed by atoms with Crippen LogP contribution in [0.5, 0.6) is 0 Å². The molecule has 0 saturated carbocycles. The van der Waals surface area contributed by atoms with Gasteiger partial charge in [-0.05, 0) is 84.4 Å². The van der Waals surface area contributed by atoms with Gasteiger partial charge in [-0.15, -0.1) is 0 Å². The second-order valence-electron chi connectivity index (χ2n) is 8.97. The van der Waals surface area contributed by atoms with Gasteiger partial charge in [0, 0.05) is 64.8 Å². The number of fused-ring (bicyclic) bond motifs is 1. The summed E-state index contributed by atoms with van der Waals surface area (Å²) in [4.78, 5) is 14.2. The van der Waals surface area contributed by atoms with Crippen molar-refractivity contribution in [3.63, 3.8) is 0 Å². The van der Waals surface area contributed by atoms with Crippen LogP contribution in [0.2, 0.25) is 12.1 Å². The van der Waals surface area contributed by atoms with Crippen LogP contribution < -0.4 is 0 Å². The summed E-state index contributed by atoms with van der Waals surface area (Å²) < 4.78 is 35.5. The minimum absolute atomic E-state index is 0.0898. The summed E-state index contributed by atoms with van der Waals surface area (Å²) >= 11 is 0. The predicted octanol–water partition coefficient (Wildman–Crippen LogP) is 5.66. The molecule has 2 rings (SSSR count). The number of nitrogens with zero attached hydrogens (tertiary/aromatic N) is 1. The molecule has 39 heavy (non-hydrogen) atoms. The molecule has 0 radical (unpaired) electrons. The Morgan fingerprint density at radius 3 is 1.28 bits per heavy atom. The average Bonchev–Trinajstić information content (AvgIpc) is 2.89. The van der Waals surface area contributed by atoms with Gasteiger partial charge in [0.1, 0.15) is 0 Å². The van der Waals surface area contributed by atoms with Gasteiger partial charge in [0.15, 0.2) is 0 Å². The van der Waals surface area contributed by atoms with E-state index in [9.17, 15) is 4.79 Å². The zero-order chi connectivity index (χ0) is 29.0. The Morgan fingerprint density at radius 2 is 1.05 bits per heavy atom. The third-order valence-electron chi connectivity index (χ3n) is 6.28. The zero-order valence-electron chi connectivity index (χ0n) is 25.3. The Balaban J connectivity index is 0.000000788. The largest absolute Gasteiger partial charge is 0.500 e. The fourth-order valence-electron chi connectivity index (χ4n) is 4.57. The number of benzene rings is 1. The highest BCUT2D eigenvalue weighted by molar-refractivity contribution is 6.61. The molecule has 10 heteroatoms. The molecule has 224 valence electrons. The maximum absolute atomic E-state index is 12.4. The molecular weight excluding hydrogens is 530 g/mol. The van der Waals surface area contributed by atoms with Crippen molar-refractivity contribution in [2.75, 3.05) is 52.7 Å². The summed E-state index contributed by atoms with van der Waals surface area (Å²) in [6.45, 7) is 19.7. The van der Waals surface area contributed by atoms with Crippen LogP contribution in [0.15, 0.2) is 36.9 Å². The first-order valence-corrected chi connectivity index (χ1v) is 18.6. The summed E-state index contributed by atoms with van der Waals surface area (Å²) in [5.41, 5.74) is 3.10. The minimum atomic E-state index is -2.72. The van der Waals surface area contributed by atoms with E-state index in [0.29, 0.717) is 64.8 Å². The summed E-state index contributed by atoms with van der Waals surface area (Å²) in [6.07, 6.45) is 5.43. The monoisotopic (exact) mass is 583 g/mol. The smallest absolute Gasteiger partial charge is 0.374 e. The van der Waals surface area contributed by atoms with Gasteiger partial charge in [-0.25, -0.2) is 0 Å². The lowest BCUT2D eigenvalue weighted by atomic mass is 9.89. The van der Waals surface area contributed by atoms with Crippen molar-refractivity contribution >= 4 is 23.5 Å². The van der Waals surface area contributed by atoms with E-state index in [1.807, 2.05) is 41.5 Å². The van der Waals surface area contributed by atoms with Gasteiger partial charge >= 0.3 is 17.6 Å². The van der Waals surface area contributed by atoms with Crippen LogP contribution in [0.4, 0.5) is 0 Å². The fraction of sp³-hybridized carbons (Fsp3) is 0.690. The first kappa shape index (κ1) is 35.7. The van der Waals surface area contributed by atoms with Crippen molar-refractivity contribution in [3.05, 3.63) is 48.0 Å². The summed E-state index contributed by atoms with van der Waals surface area (Å²) in [5.74, 6) is -0.0898. The van der Waals surface area contributed by atoms with Gasteiger partial charge in [0.25, 0.3) is 0 Å². The topological polar surface area (TPSA) is 75.7 Å². The molecule has 0 unspecified atom stereocenters. The minimum Gasteiger partial charge on any atom is -0.374 e. The molecule has 0 fully saturated rings. The molecule has 0 N–H and O–H groups in total. The van der Waals surface area contributed by atoms with Crippen molar-refractivity contribution in [1.82, 2.24) is 4.90 Å². The van der Waals surface area contributed by atoms with Crippen LogP contribution in [-0.2, 0) is 44.2 Å². The number of hydrogen-bond donors (Lipinski definition) is 0. The Morgan fingerprint density at radius 1 is 0.718 bits per heavy atom. The van der Waals surface area contributed by atoms with Gasteiger partial charge in [0.2, 0.25) is 5.91 Å². The first-order valence-electron chi connectivity index (χ1n) is 14.7. The molecule has 0 saturated heterocycles. The van der Waals surface area contributed by atoms with Crippen LogP contribution in [-0.4, -0.2) is 81.1 Å². The normalized spacial score (nSPS) is 12.7. The molecule has 1 aromatic carbocycles. The maximum atomic E-state index is 12.4. The Labute approximate surface area is 239 Å². The number of rotatable bonds is 21. The number of carbonyl (C=O) groups excluding carboxylic acids is 1. The molecule has 1 aromatic rings. The lowest BCUT2D eigenvalue weighted by molar-refractivity contribution is -0.126. The zero-order valence-corrected chi connectivity index (χ0v) is 27.3. The van der Waals surface area contributed by atoms with E-state index in [1.54, 1.807) is 16.0 Å². The van der Waals surface area contributed by atoms with Crippen molar-refractivity contribution in [1.29, 1.82) is 0 Å². The highest BCUT2D eigenvalue weighted by Gasteiger charge is 2.41. The van der Waals surface area contributed by atoms with Crippen LogP contribution in [0.25, 0.3) is 0 Å². The van der Waals surface area contributed by atoms with Crippen molar-refractivity contribution in [2.24, 2.45) is 0 Å². The summed E-state index contributed by atoms with van der Waals surface area (Å²) in [6, 6.07) is 9.96. The molecule has 0 heterocycles. The molecule has 0 aliphatic heterocycles. The molecule has 0 bridgehead atoms. The Bertz CT molecular complexity index is 723. The number of amides is 1. The molecule has 1 amide bonds. The average molecular weight is 584 g/mol. The van der Waals surface area contributed by atoms with E-state index in [1.165, 1.54) is 18.9 Å². The summed E-state index contributed by atoms with van der Waals surface area (Å²) in [5, 5.41) is 0. The van der Waals surface area contributed by atoms with E-state index >= 15 is 0 Å². The van der Waals surface area contributed by atoms with Crippen LogP contribution >= 0.6 is 0 Å². The standard InChI is InChI=1S/C21H45NO7Si2.C8H8/c1-8-21(23)22(17-15-19-30(24-9-2,25-10-3)26-11-4)18-16-20-31(27-12-5,28-13-6)29-14-7;1-2-4-8-6-5-7(8)3-1/h8H,1,9-20H2,2-7H3;1-4H,5-6H2. The Hall–Kier alpha value is -1.38. The number of carbonyl (C=O) groups is 1. The molecule has 8 nitrogen and oxygen atoms in total. The lowest BCUT2D eigenvalue weighted by Gasteiger charge is -2.30. The van der Waals surface area contributed by atoms with Gasteiger partial charge in [0.05, 0.1) is 0 Å². The van der Waals surface area contributed by atoms with Crippen LogP contribution in [0.3, 0.4) is 0 Å². The van der Waals surface area contributed by atoms with Gasteiger partial charge < -0.3 is 31.5 Å². The van der Waals surface area contributed by atoms with Gasteiger partial charge in [-0.3, -0.25) is 4.79 Å². The van der Waals surface area contributed by atoms with E-state index < -0.39 is 17.6 Å². The second kappa shape index (κ2) is 20.5. The first-order chi connectivity index (χ1) is 18.9. The number of aryl methyl sites for hydroxylation is 2. The van der Waals surface area contributed by atoms with Crippen molar-refractivity contribution in [3.8, 4) is 0 Å². The molecule has 0 aromatic heterocycles. The number of hydrogen-bond acceptors (Lipinski definition) is 7. The highest BCUT2D eigenvalue weighted by atomic mass is 28.4. The van der Waals surface area contributed by atoms with Crippen LogP contribution in [0.1, 0.15) is 65.5 Å². The van der Waals surface area contributed by atoms with E-state index in [4.69, 9.17) is 26.6 Å². The maximum Gasteiger partial charge on any atom is 0.500 e. The lowest BCUT2D eigenvalue weighted by Crippen LogP contribution is -2.47. The second-order valence-corrected chi connectivity index (χ2v) is 14.4. The SMILES string of the molecule is C=CC(=O)N(CCC[Si](OCC)(OCC)OCC)CCC[Si](OCC)(OCC)OCC.c1ccc2c(c1)CC2. The third kappa shape index (κ3) is 12.8. The van der Waals surface area contributed by atoms with E-state index in [-0.39, 0.29) is 5.91 Å². The van der Waals surface area contributed by atoms with Gasteiger partial charge in [-0.1, -0.05) is 30.8 Å².